The quantitative estimate of drug-likeness (QED) is 0.521. The van der Waals surface area contributed by atoms with Crippen LogP contribution in [0, 0.1) is 0 Å². The van der Waals surface area contributed by atoms with Crippen molar-refractivity contribution in [2.24, 2.45) is 0 Å². The predicted molar refractivity (Wildman–Crippen MR) is 75.4 cm³/mol. The Bertz CT molecular complexity index is 431. The highest BCUT2D eigenvalue weighted by atomic mass is 16.3. The Morgan fingerprint density at radius 2 is 1.70 bits per heavy atom. The Hall–Kier alpha value is -1.92. The van der Waals surface area contributed by atoms with Gasteiger partial charge in [0.2, 0.25) is 5.91 Å². The average molecular weight is 280 g/mol. The lowest BCUT2D eigenvalue weighted by molar-refractivity contribution is -0.116. The van der Waals surface area contributed by atoms with Gasteiger partial charge in [0.1, 0.15) is 0 Å². The van der Waals surface area contributed by atoms with E-state index >= 15 is 0 Å². The van der Waals surface area contributed by atoms with Gasteiger partial charge in [-0.05, 0) is 37.1 Å². The van der Waals surface area contributed by atoms with Crippen LogP contribution in [0.1, 0.15) is 29.6 Å². The number of aliphatic hydroxyl groups is 2. The number of anilines is 1. The molecule has 1 rings (SSSR count). The maximum atomic E-state index is 11.6. The molecule has 20 heavy (non-hydrogen) atoms. The van der Waals surface area contributed by atoms with E-state index in [1.807, 2.05) is 0 Å². The van der Waals surface area contributed by atoms with Crippen molar-refractivity contribution in [3.63, 3.8) is 0 Å². The summed E-state index contributed by atoms with van der Waals surface area (Å²) in [5.41, 5.74) is 1.09. The number of unbranched alkanes of at least 4 members (excludes halogenated alkanes) is 1. The van der Waals surface area contributed by atoms with Crippen LogP contribution in [-0.4, -0.2) is 41.8 Å². The van der Waals surface area contributed by atoms with E-state index in [4.69, 9.17) is 10.2 Å². The molecule has 0 radical (unpaired) electrons. The minimum Gasteiger partial charge on any atom is -0.396 e. The molecule has 1 aromatic rings. The number of rotatable bonds is 8. The molecule has 0 saturated heterocycles. The molecule has 0 heterocycles. The van der Waals surface area contributed by atoms with Gasteiger partial charge in [0.25, 0.3) is 5.91 Å². The van der Waals surface area contributed by atoms with Gasteiger partial charge in [-0.25, -0.2) is 0 Å². The van der Waals surface area contributed by atoms with E-state index < -0.39 is 0 Å². The van der Waals surface area contributed by atoms with Crippen molar-refractivity contribution < 1.29 is 19.8 Å². The van der Waals surface area contributed by atoms with Crippen LogP contribution in [0.5, 0.6) is 0 Å². The summed E-state index contributed by atoms with van der Waals surface area (Å²) in [4.78, 5) is 23.1. The average Bonchev–Trinajstić information content (AvgIpc) is 2.46. The summed E-state index contributed by atoms with van der Waals surface area (Å²) in [7, 11) is 0. The Kier molecular flexibility index (Phi) is 7.31. The standard InChI is InChI=1S/C14H20N2O4/c17-9-2-1-3-13(19)16-12-6-4-11(5-7-12)14(20)15-8-10-18/h4-7,17-18H,1-3,8-10H2,(H,15,20)(H,16,19). The third kappa shape index (κ3) is 5.81. The lowest BCUT2D eigenvalue weighted by atomic mass is 10.2. The monoisotopic (exact) mass is 280 g/mol. The van der Waals surface area contributed by atoms with Crippen LogP contribution in [0.3, 0.4) is 0 Å². The highest BCUT2D eigenvalue weighted by Crippen LogP contribution is 2.10. The highest BCUT2D eigenvalue weighted by Gasteiger charge is 2.06. The summed E-state index contributed by atoms with van der Waals surface area (Å²) in [5, 5.41) is 22.5. The lowest BCUT2D eigenvalue weighted by Crippen LogP contribution is -2.26. The fraction of sp³-hybridized carbons (Fsp3) is 0.429. The van der Waals surface area contributed by atoms with Crippen molar-refractivity contribution >= 4 is 17.5 Å². The molecule has 2 amide bonds. The summed E-state index contributed by atoms with van der Waals surface area (Å²) >= 11 is 0. The van der Waals surface area contributed by atoms with Crippen LogP contribution < -0.4 is 10.6 Å². The minimum absolute atomic E-state index is 0.0882. The first-order valence-electron chi connectivity index (χ1n) is 6.57. The summed E-state index contributed by atoms with van der Waals surface area (Å²) in [6, 6.07) is 6.52. The Morgan fingerprint density at radius 3 is 2.30 bits per heavy atom. The van der Waals surface area contributed by atoms with Gasteiger partial charge in [-0.2, -0.15) is 0 Å². The second kappa shape index (κ2) is 9.06. The van der Waals surface area contributed by atoms with Gasteiger partial charge in [-0.1, -0.05) is 0 Å². The van der Waals surface area contributed by atoms with Gasteiger partial charge in [0, 0.05) is 30.8 Å². The number of hydrogen-bond donors (Lipinski definition) is 4. The van der Waals surface area contributed by atoms with Crippen molar-refractivity contribution in [1.82, 2.24) is 5.32 Å². The Labute approximate surface area is 117 Å². The molecule has 0 aliphatic carbocycles. The summed E-state index contributed by atoms with van der Waals surface area (Å²) in [6.07, 6.45) is 1.61. The molecule has 0 fully saturated rings. The molecule has 110 valence electrons. The summed E-state index contributed by atoms with van der Waals surface area (Å²) in [5.74, 6) is -0.379. The molecular weight excluding hydrogens is 260 g/mol. The third-order valence-corrected chi connectivity index (χ3v) is 2.64. The van der Waals surface area contributed by atoms with Crippen molar-refractivity contribution in [3.8, 4) is 0 Å². The normalized spacial score (nSPS) is 10.1. The van der Waals surface area contributed by atoms with Crippen LogP contribution >= 0.6 is 0 Å². The van der Waals surface area contributed by atoms with Crippen LogP contribution in [0.25, 0.3) is 0 Å². The molecule has 0 aliphatic heterocycles. The molecular formula is C14H20N2O4. The number of carbonyl (C=O) groups is 2. The molecule has 6 heteroatoms. The largest absolute Gasteiger partial charge is 0.396 e. The van der Waals surface area contributed by atoms with E-state index in [1.165, 1.54) is 0 Å². The first-order chi connectivity index (χ1) is 9.67. The second-order valence-corrected chi connectivity index (χ2v) is 4.29. The van der Waals surface area contributed by atoms with E-state index in [9.17, 15) is 9.59 Å². The predicted octanol–water partition coefficient (Wildman–Crippen LogP) is 0.510. The second-order valence-electron chi connectivity index (χ2n) is 4.29. The molecule has 0 bridgehead atoms. The van der Waals surface area contributed by atoms with E-state index in [2.05, 4.69) is 10.6 Å². The fourth-order valence-electron chi connectivity index (χ4n) is 1.60. The highest BCUT2D eigenvalue weighted by molar-refractivity contribution is 5.95. The van der Waals surface area contributed by atoms with Gasteiger partial charge in [0.05, 0.1) is 6.61 Å². The number of aliphatic hydroxyl groups excluding tert-OH is 2. The number of benzene rings is 1. The van der Waals surface area contributed by atoms with E-state index in [-0.39, 0.29) is 31.6 Å². The van der Waals surface area contributed by atoms with Crippen LogP contribution in [0.2, 0.25) is 0 Å². The molecule has 0 spiro atoms. The molecule has 0 atom stereocenters. The van der Waals surface area contributed by atoms with E-state index in [1.54, 1.807) is 24.3 Å². The van der Waals surface area contributed by atoms with Gasteiger partial charge < -0.3 is 20.8 Å². The lowest BCUT2D eigenvalue weighted by Gasteiger charge is -2.07. The third-order valence-electron chi connectivity index (χ3n) is 2.64. The van der Waals surface area contributed by atoms with Crippen molar-refractivity contribution in [3.05, 3.63) is 29.8 Å². The Morgan fingerprint density at radius 1 is 1.00 bits per heavy atom. The summed E-state index contributed by atoms with van der Waals surface area (Å²) < 4.78 is 0. The number of carbonyl (C=O) groups excluding carboxylic acids is 2. The molecule has 4 N–H and O–H groups in total. The van der Waals surface area contributed by atoms with Crippen molar-refractivity contribution in [1.29, 1.82) is 0 Å². The Balaban J connectivity index is 2.45. The van der Waals surface area contributed by atoms with Crippen LogP contribution in [-0.2, 0) is 4.79 Å². The van der Waals surface area contributed by atoms with E-state index in [0.29, 0.717) is 30.5 Å². The van der Waals surface area contributed by atoms with Crippen LogP contribution in [0.4, 0.5) is 5.69 Å². The number of amides is 2. The number of nitrogens with one attached hydrogen (secondary N) is 2. The van der Waals surface area contributed by atoms with Crippen molar-refractivity contribution in [2.45, 2.75) is 19.3 Å². The van der Waals surface area contributed by atoms with Gasteiger partial charge in [-0.3, -0.25) is 9.59 Å². The first kappa shape index (κ1) is 16.1. The summed E-state index contributed by atoms with van der Waals surface area (Å²) in [6.45, 7) is 0.195. The van der Waals surface area contributed by atoms with Crippen molar-refractivity contribution in [2.75, 3.05) is 25.1 Å². The zero-order valence-corrected chi connectivity index (χ0v) is 11.3. The molecule has 1 aromatic carbocycles. The minimum atomic E-state index is -0.264. The molecule has 0 unspecified atom stereocenters. The molecule has 0 saturated carbocycles. The molecule has 0 aromatic heterocycles. The van der Waals surface area contributed by atoms with Crippen LogP contribution in [0.15, 0.2) is 24.3 Å². The fourth-order valence-corrected chi connectivity index (χ4v) is 1.60. The maximum absolute atomic E-state index is 11.6. The van der Waals surface area contributed by atoms with Gasteiger partial charge >= 0.3 is 0 Å². The SMILES string of the molecule is O=C(CCCCO)Nc1ccc(C(=O)NCCO)cc1. The smallest absolute Gasteiger partial charge is 0.251 e. The van der Waals surface area contributed by atoms with Gasteiger partial charge in [-0.15, -0.1) is 0 Å². The molecule has 0 aliphatic rings. The maximum Gasteiger partial charge on any atom is 0.251 e. The first-order valence-corrected chi connectivity index (χ1v) is 6.57. The zero-order valence-electron chi connectivity index (χ0n) is 11.3. The topological polar surface area (TPSA) is 98.7 Å². The van der Waals surface area contributed by atoms with Gasteiger partial charge in [0.15, 0.2) is 0 Å². The molecule has 6 nitrogen and oxygen atoms in total. The zero-order chi connectivity index (χ0) is 14.8. The number of hydrogen-bond acceptors (Lipinski definition) is 4. The van der Waals surface area contributed by atoms with E-state index in [0.717, 1.165) is 0 Å².